The molecule has 4 rings (SSSR count). The number of nitrogens with zero attached hydrogens (tertiary/aromatic N) is 2. The molecule has 0 amide bonds. The van der Waals surface area contributed by atoms with Gasteiger partial charge in [-0.1, -0.05) is 17.7 Å². The summed E-state index contributed by atoms with van der Waals surface area (Å²) >= 11 is 6.18. The van der Waals surface area contributed by atoms with E-state index < -0.39 is 34.3 Å². The number of carboxylic acid groups (broad SMARTS) is 2. The van der Waals surface area contributed by atoms with Gasteiger partial charge in [-0.3, -0.25) is 4.90 Å². The first-order valence-corrected chi connectivity index (χ1v) is 13.8. The number of aromatic nitrogens is 1. The summed E-state index contributed by atoms with van der Waals surface area (Å²) in [5.41, 5.74) is 2.20. The molecule has 0 atom stereocenters. The summed E-state index contributed by atoms with van der Waals surface area (Å²) in [6.07, 6.45) is -8.55. The van der Waals surface area contributed by atoms with E-state index in [0.717, 1.165) is 43.7 Å². The van der Waals surface area contributed by atoms with Crippen LogP contribution in [0.25, 0.3) is 10.9 Å². The summed E-state index contributed by atoms with van der Waals surface area (Å²) in [5, 5.41) is 18.9. The number of aliphatic carboxylic acids is 2. The quantitative estimate of drug-likeness (QED) is 0.337. The zero-order chi connectivity index (χ0) is 32.8. The second-order valence-corrected chi connectivity index (χ2v) is 11.0. The van der Waals surface area contributed by atoms with Crippen LogP contribution >= 0.6 is 11.6 Å². The number of benzene rings is 2. The lowest BCUT2D eigenvalue weighted by Gasteiger charge is -2.27. The molecular weight excluding hydrogens is 636 g/mol. The first kappa shape index (κ1) is 35.7. The van der Waals surface area contributed by atoms with Gasteiger partial charge in [0.15, 0.2) is 0 Å². The highest BCUT2D eigenvalue weighted by molar-refractivity contribution is 7.90. The zero-order valence-electron chi connectivity index (χ0n) is 22.5. The van der Waals surface area contributed by atoms with E-state index in [1.54, 1.807) is 44.5 Å². The third kappa shape index (κ3) is 9.47. The van der Waals surface area contributed by atoms with Crippen molar-refractivity contribution in [2.24, 2.45) is 0 Å². The lowest BCUT2D eigenvalue weighted by atomic mass is 10.1. The van der Waals surface area contributed by atoms with E-state index in [9.17, 15) is 34.8 Å². The Labute approximate surface area is 246 Å². The molecule has 238 valence electrons. The lowest BCUT2D eigenvalue weighted by Crippen LogP contribution is -2.42. The third-order valence-corrected chi connectivity index (χ3v) is 8.15. The highest BCUT2D eigenvalue weighted by Gasteiger charge is 2.38. The van der Waals surface area contributed by atoms with Crippen LogP contribution in [-0.2, 0) is 26.2 Å². The van der Waals surface area contributed by atoms with Crippen LogP contribution in [0.3, 0.4) is 0 Å². The van der Waals surface area contributed by atoms with Gasteiger partial charge >= 0.3 is 24.3 Å². The molecule has 2 heterocycles. The highest BCUT2D eigenvalue weighted by Crippen LogP contribution is 2.32. The monoisotopic (exact) mass is 661 g/mol. The minimum atomic E-state index is -5.08. The Morgan fingerprint density at radius 3 is 2.02 bits per heavy atom. The van der Waals surface area contributed by atoms with Crippen LogP contribution in [0, 0.1) is 6.92 Å². The van der Waals surface area contributed by atoms with Crippen molar-refractivity contribution in [2.45, 2.75) is 30.7 Å². The zero-order valence-corrected chi connectivity index (χ0v) is 24.0. The van der Waals surface area contributed by atoms with Gasteiger partial charge in [-0.2, -0.15) is 26.3 Å². The Balaban J connectivity index is 0.000000384. The SMILES string of the molecule is COc1cc(CN2CCNCC2)c2ccn(S(=O)(=O)c3cccc(Cl)c3C)c2c1.O=C(O)C(F)(F)F.O=C(O)C(F)(F)F. The molecule has 0 radical (unpaired) electrons. The van der Waals surface area contributed by atoms with Crippen LogP contribution in [0.1, 0.15) is 11.1 Å². The average molecular weight is 662 g/mol. The molecule has 1 aromatic heterocycles. The van der Waals surface area contributed by atoms with Gasteiger partial charge in [0.1, 0.15) is 5.75 Å². The van der Waals surface area contributed by atoms with Crippen molar-refractivity contribution >= 4 is 44.5 Å². The summed E-state index contributed by atoms with van der Waals surface area (Å²) in [6.45, 7) is 6.29. The minimum absolute atomic E-state index is 0.203. The van der Waals surface area contributed by atoms with Gasteiger partial charge in [0.05, 0.1) is 17.5 Å². The molecule has 1 aliphatic rings. The molecule has 43 heavy (non-hydrogen) atoms. The van der Waals surface area contributed by atoms with Crippen molar-refractivity contribution in [3.63, 3.8) is 0 Å². The van der Waals surface area contributed by atoms with Gasteiger partial charge in [-0.25, -0.2) is 22.0 Å². The maximum absolute atomic E-state index is 13.4. The van der Waals surface area contributed by atoms with Gasteiger partial charge in [-0.15, -0.1) is 0 Å². The van der Waals surface area contributed by atoms with Crippen LogP contribution in [0.4, 0.5) is 26.3 Å². The standard InChI is InChI=1S/C21H24ClN3O3S.2C2HF3O2/c1-15-19(22)4-3-5-21(15)29(26,27)25-9-6-18-16(12-17(28-2)13-20(18)25)14-24-10-7-23-8-11-24;2*3-2(4,5)1(6)7/h3-6,9,12-13,23H,7-8,10-11,14H2,1-2H3;2*(H,6,7). The van der Waals surface area contributed by atoms with E-state index >= 15 is 0 Å². The number of alkyl halides is 6. The lowest BCUT2D eigenvalue weighted by molar-refractivity contribution is -0.193. The van der Waals surface area contributed by atoms with E-state index in [2.05, 4.69) is 10.2 Å². The number of nitrogens with one attached hydrogen (secondary N) is 1. The van der Waals surface area contributed by atoms with E-state index in [4.69, 9.17) is 36.1 Å². The number of ether oxygens (including phenoxy) is 1. The fourth-order valence-electron chi connectivity index (χ4n) is 3.81. The molecule has 0 spiro atoms. The number of carbonyl (C=O) groups is 2. The molecule has 1 saturated heterocycles. The van der Waals surface area contributed by atoms with Crippen molar-refractivity contribution < 1.29 is 59.3 Å². The van der Waals surface area contributed by atoms with Crippen LogP contribution in [0.2, 0.25) is 5.02 Å². The van der Waals surface area contributed by atoms with Crippen LogP contribution in [-0.4, -0.2) is 85.1 Å². The van der Waals surface area contributed by atoms with Crippen molar-refractivity contribution in [3.05, 3.63) is 58.7 Å². The number of halogens is 7. The molecule has 18 heteroatoms. The third-order valence-electron chi connectivity index (χ3n) is 5.91. The normalized spacial score (nSPS) is 14.3. The van der Waals surface area contributed by atoms with Crippen LogP contribution in [0.5, 0.6) is 5.75 Å². The second-order valence-electron chi connectivity index (χ2n) is 8.83. The molecule has 2 aromatic carbocycles. The molecular formula is C25H26ClF6N3O7S. The number of hydrogen-bond donors (Lipinski definition) is 3. The first-order chi connectivity index (χ1) is 19.8. The molecule has 1 fully saturated rings. The Hall–Kier alpha value is -3.54. The summed E-state index contributed by atoms with van der Waals surface area (Å²) < 4.78 is 97.1. The Kier molecular flexibility index (Phi) is 11.8. The van der Waals surface area contributed by atoms with Crippen molar-refractivity contribution in [3.8, 4) is 5.75 Å². The molecule has 0 saturated carbocycles. The maximum atomic E-state index is 13.4. The van der Waals surface area contributed by atoms with Crippen molar-refractivity contribution in [2.75, 3.05) is 33.3 Å². The predicted octanol–water partition coefficient (Wildman–Crippen LogP) is 4.52. The van der Waals surface area contributed by atoms with Gasteiger partial charge in [-0.05, 0) is 42.3 Å². The molecule has 3 aromatic rings. The number of fused-ring (bicyclic) bond motifs is 1. The van der Waals surface area contributed by atoms with E-state index in [1.165, 1.54) is 3.97 Å². The Bertz CT molecular complexity index is 1530. The molecule has 0 unspecified atom stereocenters. The number of methoxy groups -OCH3 is 1. The molecule has 1 aliphatic heterocycles. The van der Waals surface area contributed by atoms with Gasteiger partial charge < -0.3 is 20.3 Å². The average Bonchev–Trinajstić information content (AvgIpc) is 3.35. The fraction of sp³-hybridized carbons (Fsp3) is 0.360. The van der Waals surface area contributed by atoms with Crippen molar-refractivity contribution in [1.29, 1.82) is 0 Å². The fourth-order valence-corrected chi connectivity index (χ4v) is 5.63. The number of rotatable bonds is 5. The summed E-state index contributed by atoms with van der Waals surface area (Å²) in [6, 6.07) is 10.6. The first-order valence-electron chi connectivity index (χ1n) is 12.0. The van der Waals surface area contributed by atoms with Gasteiger partial charge in [0.2, 0.25) is 0 Å². The maximum Gasteiger partial charge on any atom is 0.490 e. The highest BCUT2D eigenvalue weighted by atomic mass is 35.5. The summed E-state index contributed by atoms with van der Waals surface area (Å²) in [5.74, 6) is -4.87. The van der Waals surface area contributed by atoms with Gasteiger partial charge in [0, 0.05) is 55.4 Å². The smallest absolute Gasteiger partial charge is 0.490 e. The summed E-state index contributed by atoms with van der Waals surface area (Å²) in [4.78, 5) is 20.4. The Morgan fingerprint density at radius 2 is 1.53 bits per heavy atom. The molecule has 10 nitrogen and oxygen atoms in total. The van der Waals surface area contributed by atoms with Crippen LogP contribution in [0.15, 0.2) is 47.5 Å². The van der Waals surface area contributed by atoms with E-state index in [-0.39, 0.29) is 4.90 Å². The number of piperazine rings is 1. The second kappa shape index (κ2) is 14.3. The Morgan fingerprint density at radius 1 is 1.00 bits per heavy atom. The van der Waals surface area contributed by atoms with Crippen LogP contribution < -0.4 is 10.1 Å². The topological polar surface area (TPSA) is 138 Å². The minimum Gasteiger partial charge on any atom is -0.497 e. The predicted molar refractivity (Wildman–Crippen MR) is 143 cm³/mol. The number of carboxylic acids is 2. The molecule has 3 N–H and O–H groups in total. The summed E-state index contributed by atoms with van der Waals surface area (Å²) in [7, 11) is -2.20. The molecule has 0 aliphatic carbocycles. The van der Waals surface area contributed by atoms with Gasteiger partial charge in [0.25, 0.3) is 10.0 Å². The van der Waals surface area contributed by atoms with E-state index in [0.29, 0.717) is 21.9 Å². The molecule has 0 bridgehead atoms. The van der Waals surface area contributed by atoms with E-state index in [1.807, 2.05) is 12.1 Å². The van der Waals surface area contributed by atoms with Crippen molar-refractivity contribution in [1.82, 2.24) is 14.2 Å². The largest absolute Gasteiger partial charge is 0.497 e. The number of hydrogen-bond acceptors (Lipinski definition) is 7.